The number of esters is 2. The Balaban J connectivity index is 1.76. The molecule has 2 aliphatic carbocycles. The van der Waals surface area contributed by atoms with Crippen molar-refractivity contribution in [1.29, 1.82) is 0 Å². The van der Waals surface area contributed by atoms with Gasteiger partial charge in [0.1, 0.15) is 17.8 Å². The maximum absolute atomic E-state index is 13.8. The first-order chi connectivity index (χ1) is 16.3. The third-order valence-corrected chi connectivity index (χ3v) is 7.24. The Morgan fingerprint density at radius 3 is 2.32 bits per heavy atom. The number of hydrogen-bond donors (Lipinski definition) is 1. The Morgan fingerprint density at radius 1 is 1.06 bits per heavy atom. The summed E-state index contributed by atoms with van der Waals surface area (Å²) < 4.78 is 24.6. The van der Waals surface area contributed by atoms with Crippen LogP contribution < -0.4 is 5.32 Å². The summed E-state index contributed by atoms with van der Waals surface area (Å²) in [5, 5.41) is 3.26. The van der Waals surface area contributed by atoms with Crippen LogP contribution in [0.5, 0.6) is 0 Å². The molecule has 1 heterocycles. The maximum Gasteiger partial charge on any atom is 0.337 e. The first-order valence-electron chi connectivity index (χ1n) is 12.1. The molecule has 0 aromatic heterocycles. The molecule has 7 heteroatoms. The Hall–Kier alpha value is -2.96. The molecule has 0 radical (unpaired) electrons. The van der Waals surface area contributed by atoms with Gasteiger partial charge in [-0.05, 0) is 62.6 Å². The maximum atomic E-state index is 13.8. The average Bonchev–Trinajstić information content (AvgIpc) is 3.07. The predicted molar refractivity (Wildman–Crippen MR) is 124 cm³/mol. The molecule has 182 valence electrons. The monoisotopic (exact) mass is 469 g/mol. The second-order valence-corrected chi connectivity index (χ2v) is 9.61. The molecule has 0 spiro atoms. The first-order valence-corrected chi connectivity index (χ1v) is 12.1. The Kier molecular flexibility index (Phi) is 7.19. The van der Waals surface area contributed by atoms with Crippen LogP contribution in [-0.4, -0.2) is 30.9 Å². The van der Waals surface area contributed by atoms with E-state index in [0.29, 0.717) is 34.5 Å². The molecular formula is C27H32FNO5. The van der Waals surface area contributed by atoms with E-state index in [1.54, 1.807) is 19.1 Å². The van der Waals surface area contributed by atoms with Crippen LogP contribution >= 0.6 is 0 Å². The summed E-state index contributed by atoms with van der Waals surface area (Å²) in [6, 6.07) is 5.80. The molecule has 1 aromatic rings. The van der Waals surface area contributed by atoms with Crippen molar-refractivity contribution in [1.82, 2.24) is 5.32 Å². The van der Waals surface area contributed by atoms with E-state index in [1.807, 2.05) is 6.92 Å². The summed E-state index contributed by atoms with van der Waals surface area (Å²) >= 11 is 0. The van der Waals surface area contributed by atoms with Crippen molar-refractivity contribution >= 4 is 17.7 Å². The molecule has 1 fully saturated rings. The Morgan fingerprint density at radius 2 is 1.71 bits per heavy atom. The summed E-state index contributed by atoms with van der Waals surface area (Å²) in [6.45, 7) is 3.64. The van der Waals surface area contributed by atoms with Crippen LogP contribution in [0.3, 0.4) is 0 Å². The molecule has 34 heavy (non-hydrogen) atoms. The summed E-state index contributed by atoms with van der Waals surface area (Å²) in [7, 11) is 1.27. The molecule has 1 aliphatic heterocycles. The van der Waals surface area contributed by atoms with E-state index in [-0.39, 0.29) is 17.8 Å². The number of methoxy groups -OCH3 is 1. The zero-order valence-electron chi connectivity index (χ0n) is 20.0. The summed E-state index contributed by atoms with van der Waals surface area (Å²) in [6.07, 6.45) is 6.24. The molecular weight excluding hydrogens is 437 g/mol. The van der Waals surface area contributed by atoms with E-state index in [9.17, 15) is 18.8 Å². The van der Waals surface area contributed by atoms with Crippen LogP contribution in [0.2, 0.25) is 0 Å². The largest absolute Gasteiger partial charge is 0.468 e. The van der Waals surface area contributed by atoms with Gasteiger partial charge in [-0.3, -0.25) is 9.59 Å². The van der Waals surface area contributed by atoms with Crippen molar-refractivity contribution in [3.8, 4) is 0 Å². The van der Waals surface area contributed by atoms with Crippen LogP contribution in [0, 0.1) is 17.7 Å². The van der Waals surface area contributed by atoms with Crippen LogP contribution in [0.15, 0.2) is 46.8 Å². The normalized spacial score (nSPS) is 25.9. The highest BCUT2D eigenvalue weighted by Crippen LogP contribution is 2.45. The number of benzene rings is 1. The second-order valence-electron chi connectivity index (χ2n) is 9.61. The number of rotatable bonds is 4. The number of carbonyl (C=O) groups is 3. The fourth-order valence-electron chi connectivity index (χ4n) is 5.51. The van der Waals surface area contributed by atoms with Gasteiger partial charge >= 0.3 is 11.9 Å². The minimum atomic E-state index is -0.953. The number of nitrogens with one attached hydrogen (secondary N) is 1. The minimum absolute atomic E-state index is 0.163. The van der Waals surface area contributed by atoms with E-state index in [2.05, 4.69) is 5.32 Å². The van der Waals surface area contributed by atoms with E-state index >= 15 is 0 Å². The highest BCUT2D eigenvalue weighted by Gasteiger charge is 2.47. The third-order valence-electron chi connectivity index (χ3n) is 7.24. The van der Waals surface area contributed by atoms with Gasteiger partial charge in [0, 0.05) is 22.9 Å². The number of halogens is 1. The lowest BCUT2D eigenvalue weighted by Gasteiger charge is -2.38. The standard InChI is InChI=1S/C27H32FNO5/c1-15-14-20-24(25(30)21(15)26(31)33-3)23(17-10-12-18(28)13-11-17)22(16(2)29-20)27(32)34-19-8-6-4-5-7-9-19/h10-13,15,19,21,23,29H,4-9,14H2,1-3H3/t15-,21-,23-/m0/s1. The molecule has 0 amide bonds. The number of hydrogen-bond acceptors (Lipinski definition) is 6. The number of allylic oxidation sites excluding steroid dienone is 3. The molecule has 4 rings (SSSR count). The average molecular weight is 470 g/mol. The molecule has 1 N–H and O–H groups in total. The lowest BCUT2D eigenvalue weighted by Crippen LogP contribution is -2.43. The van der Waals surface area contributed by atoms with E-state index in [1.165, 1.54) is 19.2 Å². The lowest BCUT2D eigenvalue weighted by molar-refractivity contribution is -0.151. The molecule has 0 unspecified atom stereocenters. The van der Waals surface area contributed by atoms with E-state index < -0.39 is 29.6 Å². The van der Waals surface area contributed by atoms with Crippen molar-refractivity contribution in [3.63, 3.8) is 0 Å². The zero-order valence-corrected chi connectivity index (χ0v) is 20.0. The lowest BCUT2D eigenvalue weighted by atomic mass is 9.69. The second kappa shape index (κ2) is 10.1. The number of Topliss-reactive ketones (excluding diaryl/α,β-unsaturated/α-hetero) is 1. The van der Waals surface area contributed by atoms with Crippen molar-refractivity contribution < 1.29 is 28.2 Å². The van der Waals surface area contributed by atoms with Crippen molar-refractivity contribution in [2.24, 2.45) is 11.8 Å². The van der Waals surface area contributed by atoms with Gasteiger partial charge in [0.25, 0.3) is 0 Å². The van der Waals surface area contributed by atoms with Gasteiger partial charge < -0.3 is 14.8 Å². The van der Waals surface area contributed by atoms with Crippen molar-refractivity contribution in [2.45, 2.75) is 70.8 Å². The fraction of sp³-hybridized carbons (Fsp3) is 0.519. The smallest absolute Gasteiger partial charge is 0.337 e. The highest BCUT2D eigenvalue weighted by atomic mass is 19.1. The Bertz CT molecular complexity index is 1030. The molecule has 3 aliphatic rings. The number of carbonyl (C=O) groups excluding carboxylic acids is 3. The van der Waals surface area contributed by atoms with Crippen LogP contribution in [0.4, 0.5) is 4.39 Å². The highest BCUT2D eigenvalue weighted by molar-refractivity contribution is 6.12. The van der Waals surface area contributed by atoms with E-state index in [4.69, 9.17) is 9.47 Å². The van der Waals surface area contributed by atoms with Crippen molar-refractivity contribution in [3.05, 3.63) is 58.2 Å². The van der Waals surface area contributed by atoms with E-state index in [0.717, 1.165) is 38.5 Å². The summed E-state index contributed by atoms with van der Waals surface area (Å²) in [5.74, 6) is -3.80. The number of ether oxygens (including phenoxy) is 2. The first kappa shape index (κ1) is 24.2. The van der Waals surface area contributed by atoms with Gasteiger partial charge in [-0.2, -0.15) is 0 Å². The van der Waals surface area contributed by atoms with Crippen molar-refractivity contribution in [2.75, 3.05) is 7.11 Å². The zero-order chi connectivity index (χ0) is 24.4. The molecule has 1 aromatic carbocycles. The molecule has 6 nitrogen and oxygen atoms in total. The topological polar surface area (TPSA) is 81.7 Å². The number of dihydropyridines is 1. The minimum Gasteiger partial charge on any atom is -0.468 e. The van der Waals surface area contributed by atoms with Gasteiger partial charge in [0.2, 0.25) is 0 Å². The Labute approximate surface area is 199 Å². The summed E-state index contributed by atoms with van der Waals surface area (Å²) in [4.78, 5) is 39.7. The number of ketones is 1. The quantitative estimate of drug-likeness (QED) is 0.391. The van der Waals surface area contributed by atoms with Crippen LogP contribution in [0.1, 0.15) is 70.3 Å². The van der Waals surface area contributed by atoms with Crippen LogP contribution in [-0.2, 0) is 23.9 Å². The summed E-state index contributed by atoms with van der Waals surface area (Å²) in [5.41, 5.74) is 2.60. The molecule has 0 bridgehead atoms. The van der Waals surface area contributed by atoms with Gasteiger partial charge in [-0.15, -0.1) is 0 Å². The SMILES string of the molecule is COC(=O)[C@@H]1C(=O)C2=C(C[C@@H]1C)NC(C)=C(C(=O)OC1CCCCCC1)[C@@H]2c1ccc(F)cc1. The third kappa shape index (κ3) is 4.65. The van der Waals surface area contributed by atoms with Gasteiger partial charge in [-0.1, -0.05) is 31.9 Å². The molecule has 0 saturated heterocycles. The van der Waals surface area contributed by atoms with Gasteiger partial charge in [-0.25, -0.2) is 9.18 Å². The fourth-order valence-corrected chi connectivity index (χ4v) is 5.51. The molecule has 3 atom stereocenters. The molecule has 1 saturated carbocycles. The van der Waals surface area contributed by atoms with Gasteiger partial charge in [0.15, 0.2) is 5.78 Å². The van der Waals surface area contributed by atoms with Crippen LogP contribution in [0.25, 0.3) is 0 Å². The van der Waals surface area contributed by atoms with Gasteiger partial charge in [0.05, 0.1) is 12.7 Å². The predicted octanol–water partition coefficient (Wildman–Crippen LogP) is 4.70.